The van der Waals surface area contributed by atoms with Crippen LogP contribution in [0.15, 0.2) is 22.7 Å². The molecule has 0 saturated carbocycles. The van der Waals surface area contributed by atoms with Crippen molar-refractivity contribution in [2.24, 2.45) is 0 Å². The molecule has 0 amide bonds. The fourth-order valence-electron chi connectivity index (χ4n) is 1.67. The average Bonchev–Trinajstić information content (AvgIpc) is 2.64. The summed E-state index contributed by atoms with van der Waals surface area (Å²) in [5, 5.41) is 8.62. The lowest BCUT2D eigenvalue weighted by molar-refractivity contribution is 0.714. The molecule has 2 N–H and O–H groups in total. The summed E-state index contributed by atoms with van der Waals surface area (Å²) in [5.74, 6) is 0.683. The van der Waals surface area contributed by atoms with Crippen molar-refractivity contribution in [2.75, 3.05) is 5.73 Å². The molecular formula is C11H12BrClN4. The summed E-state index contributed by atoms with van der Waals surface area (Å²) in [6.07, 6.45) is 0. The highest BCUT2D eigenvalue weighted by atomic mass is 79.9. The molecule has 0 radical (unpaired) electrons. The van der Waals surface area contributed by atoms with Crippen molar-refractivity contribution in [3.63, 3.8) is 0 Å². The highest BCUT2D eigenvalue weighted by molar-refractivity contribution is 9.10. The predicted molar refractivity (Wildman–Crippen MR) is 72.6 cm³/mol. The van der Waals surface area contributed by atoms with Gasteiger partial charge in [-0.15, -0.1) is 5.10 Å². The molecule has 1 heterocycles. The van der Waals surface area contributed by atoms with Gasteiger partial charge in [0.2, 0.25) is 0 Å². The van der Waals surface area contributed by atoms with Gasteiger partial charge in [-0.2, -0.15) is 0 Å². The van der Waals surface area contributed by atoms with Crippen LogP contribution in [0.5, 0.6) is 0 Å². The topological polar surface area (TPSA) is 56.7 Å². The normalized spacial score (nSPS) is 11.1. The Hall–Kier alpha value is -1.07. The van der Waals surface area contributed by atoms with E-state index in [-0.39, 0.29) is 5.92 Å². The van der Waals surface area contributed by atoms with Crippen molar-refractivity contribution < 1.29 is 0 Å². The van der Waals surface area contributed by atoms with E-state index in [1.807, 2.05) is 32.0 Å². The average molecular weight is 316 g/mol. The van der Waals surface area contributed by atoms with Gasteiger partial charge in [-0.25, -0.2) is 4.68 Å². The van der Waals surface area contributed by atoms with Crippen LogP contribution < -0.4 is 5.73 Å². The third kappa shape index (κ3) is 2.30. The summed E-state index contributed by atoms with van der Waals surface area (Å²) < 4.78 is 2.62. The van der Waals surface area contributed by atoms with Gasteiger partial charge in [0.1, 0.15) is 0 Å². The molecule has 1 aromatic heterocycles. The Kier molecular flexibility index (Phi) is 3.40. The molecular weight excluding hydrogens is 304 g/mol. The zero-order valence-electron chi connectivity index (χ0n) is 9.48. The molecule has 0 saturated heterocycles. The lowest BCUT2D eigenvalue weighted by Crippen LogP contribution is -2.06. The first-order chi connectivity index (χ1) is 8.00. The first kappa shape index (κ1) is 12.4. The molecule has 0 spiro atoms. The van der Waals surface area contributed by atoms with E-state index in [1.54, 1.807) is 4.68 Å². The zero-order valence-corrected chi connectivity index (χ0v) is 11.8. The smallest absolute Gasteiger partial charge is 0.169 e. The summed E-state index contributed by atoms with van der Waals surface area (Å²) in [7, 11) is 0. The molecule has 2 aromatic rings. The maximum absolute atomic E-state index is 5.99. The number of hydrogen-bond acceptors (Lipinski definition) is 3. The van der Waals surface area contributed by atoms with E-state index in [0.29, 0.717) is 10.8 Å². The van der Waals surface area contributed by atoms with Gasteiger partial charge in [0.05, 0.1) is 11.4 Å². The maximum Gasteiger partial charge on any atom is 0.169 e. The fraction of sp³-hybridized carbons (Fsp3) is 0.273. The number of nitrogens with two attached hydrogens (primary N) is 1. The molecule has 2 rings (SSSR count). The second kappa shape index (κ2) is 4.66. The molecule has 17 heavy (non-hydrogen) atoms. The van der Waals surface area contributed by atoms with Crippen LogP contribution in [-0.2, 0) is 0 Å². The Bertz CT molecular complexity index is 550. The van der Waals surface area contributed by atoms with Gasteiger partial charge in [0.25, 0.3) is 0 Å². The Morgan fingerprint density at radius 1 is 1.41 bits per heavy atom. The van der Waals surface area contributed by atoms with Crippen LogP contribution >= 0.6 is 27.5 Å². The number of aromatic nitrogens is 3. The second-order valence-electron chi connectivity index (χ2n) is 4.02. The Morgan fingerprint density at radius 3 is 2.76 bits per heavy atom. The van der Waals surface area contributed by atoms with Crippen molar-refractivity contribution in [1.82, 2.24) is 15.0 Å². The highest BCUT2D eigenvalue weighted by Crippen LogP contribution is 2.29. The van der Waals surface area contributed by atoms with Gasteiger partial charge in [0, 0.05) is 9.50 Å². The van der Waals surface area contributed by atoms with E-state index in [2.05, 4.69) is 26.2 Å². The van der Waals surface area contributed by atoms with Crippen LogP contribution in [0.3, 0.4) is 0 Å². The van der Waals surface area contributed by atoms with Gasteiger partial charge < -0.3 is 5.73 Å². The standard InChI is InChI=1S/C11H12BrClN4/c1-6(2)10-11(14)15-16-17(10)9-5-7(13)3-4-8(9)12/h3-6H,14H2,1-2H3. The molecule has 0 aliphatic heterocycles. The molecule has 0 aliphatic rings. The van der Waals surface area contributed by atoms with Crippen LogP contribution in [-0.4, -0.2) is 15.0 Å². The third-order valence-electron chi connectivity index (χ3n) is 2.42. The van der Waals surface area contributed by atoms with Gasteiger partial charge in [-0.3, -0.25) is 0 Å². The number of nitrogen functional groups attached to an aromatic ring is 1. The van der Waals surface area contributed by atoms with Gasteiger partial charge in [0.15, 0.2) is 5.82 Å². The van der Waals surface area contributed by atoms with E-state index in [4.69, 9.17) is 17.3 Å². The minimum absolute atomic E-state index is 0.232. The Labute approximate surface area is 113 Å². The number of anilines is 1. The van der Waals surface area contributed by atoms with E-state index >= 15 is 0 Å². The molecule has 0 bridgehead atoms. The van der Waals surface area contributed by atoms with Crippen LogP contribution in [0.1, 0.15) is 25.5 Å². The monoisotopic (exact) mass is 314 g/mol. The van der Waals surface area contributed by atoms with E-state index in [9.17, 15) is 0 Å². The first-order valence-corrected chi connectivity index (χ1v) is 6.34. The van der Waals surface area contributed by atoms with E-state index < -0.39 is 0 Å². The summed E-state index contributed by atoms with van der Waals surface area (Å²) >= 11 is 9.46. The molecule has 0 aliphatic carbocycles. The van der Waals surface area contributed by atoms with Crippen molar-refractivity contribution in [3.05, 3.63) is 33.4 Å². The molecule has 0 unspecified atom stereocenters. The van der Waals surface area contributed by atoms with Crippen LogP contribution in [0, 0.1) is 0 Å². The maximum atomic E-state index is 5.99. The quantitative estimate of drug-likeness (QED) is 0.924. The van der Waals surface area contributed by atoms with Crippen molar-refractivity contribution in [1.29, 1.82) is 0 Å². The minimum atomic E-state index is 0.232. The second-order valence-corrected chi connectivity index (χ2v) is 5.31. The van der Waals surface area contributed by atoms with Gasteiger partial charge >= 0.3 is 0 Å². The number of rotatable bonds is 2. The zero-order chi connectivity index (χ0) is 12.6. The molecule has 90 valence electrons. The summed E-state index contributed by atoms with van der Waals surface area (Å²) in [5.41, 5.74) is 7.55. The molecule has 0 fully saturated rings. The molecule has 1 aromatic carbocycles. The lowest BCUT2D eigenvalue weighted by Gasteiger charge is -2.11. The first-order valence-electron chi connectivity index (χ1n) is 5.17. The van der Waals surface area contributed by atoms with Crippen molar-refractivity contribution in [2.45, 2.75) is 19.8 Å². The van der Waals surface area contributed by atoms with Gasteiger partial charge in [-0.05, 0) is 40.0 Å². The van der Waals surface area contributed by atoms with Gasteiger partial charge in [-0.1, -0.05) is 30.7 Å². The highest BCUT2D eigenvalue weighted by Gasteiger charge is 2.16. The predicted octanol–water partition coefficient (Wildman–Crippen LogP) is 3.39. The van der Waals surface area contributed by atoms with E-state index in [1.165, 1.54) is 0 Å². The number of halogens is 2. The Balaban J connectivity index is 2.64. The van der Waals surface area contributed by atoms with Crippen LogP contribution in [0.25, 0.3) is 5.69 Å². The summed E-state index contributed by atoms with van der Waals surface area (Å²) in [6, 6.07) is 5.51. The number of nitrogens with zero attached hydrogens (tertiary/aromatic N) is 3. The summed E-state index contributed by atoms with van der Waals surface area (Å²) in [6.45, 7) is 4.09. The summed E-state index contributed by atoms with van der Waals surface area (Å²) in [4.78, 5) is 0. The molecule has 6 heteroatoms. The van der Waals surface area contributed by atoms with Crippen LogP contribution in [0.2, 0.25) is 5.02 Å². The third-order valence-corrected chi connectivity index (χ3v) is 3.32. The Morgan fingerprint density at radius 2 is 2.12 bits per heavy atom. The number of benzene rings is 1. The fourth-order valence-corrected chi connectivity index (χ4v) is 2.25. The van der Waals surface area contributed by atoms with Crippen LogP contribution in [0.4, 0.5) is 5.82 Å². The largest absolute Gasteiger partial charge is 0.381 e. The van der Waals surface area contributed by atoms with Crippen molar-refractivity contribution in [3.8, 4) is 5.69 Å². The lowest BCUT2D eigenvalue weighted by atomic mass is 10.1. The molecule has 4 nitrogen and oxygen atoms in total. The van der Waals surface area contributed by atoms with E-state index in [0.717, 1.165) is 15.9 Å². The van der Waals surface area contributed by atoms with Crippen molar-refractivity contribution >= 4 is 33.3 Å². The minimum Gasteiger partial charge on any atom is -0.381 e. The molecule has 0 atom stereocenters. The SMILES string of the molecule is CC(C)c1c(N)nnn1-c1cc(Cl)ccc1Br. The number of hydrogen-bond donors (Lipinski definition) is 1.